The maximum Gasteiger partial charge on any atom is 0.307 e. The first-order valence-electron chi connectivity index (χ1n) is 3.62. The van der Waals surface area contributed by atoms with Crippen molar-refractivity contribution in [2.24, 2.45) is 0 Å². The van der Waals surface area contributed by atoms with E-state index in [0.29, 0.717) is 0 Å². The van der Waals surface area contributed by atoms with Crippen molar-refractivity contribution < 1.29 is 9.53 Å². The van der Waals surface area contributed by atoms with Crippen LogP contribution in [0.15, 0.2) is 50.8 Å². The number of hydrogen-bond acceptors (Lipinski definition) is 3. The van der Waals surface area contributed by atoms with Crippen molar-refractivity contribution in [2.45, 2.75) is 6.92 Å². The Labute approximate surface area is 85.3 Å². The van der Waals surface area contributed by atoms with E-state index in [4.69, 9.17) is 5.26 Å². The zero-order valence-corrected chi connectivity index (χ0v) is 8.40. The topological polar surface area (TPSA) is 50.1 Å². The summed E-state index contributed by atoms with van der Waals surface area (Å²) in [6.45, 7) is 14.3. The van der Waals surface area contributed by atoms with Gasteiger partial charge in [-0.2, -0.15) is 5.26 Å². The first-order valence-corrected chi connectivity index (χ1v) is 3.62. The monoisotopic (exact) mass is 193 g/mol. The summed E-state index contributed by atoms with van der Waals surface area (Å²) in [6.07, 6.45) is 5.56. The Morgan fingerprint density at radius 3 is 1.64 bits per heavy atom. The number of nitriles is 1. The molecule has 0 radical (unpaired) electrons. The first-order chi connectivity index (χ1) is 6.60. The molecule has 0 amide bonds. The molecule has 0 aliphatic heterocycles. The minimum atomic E-state index is -0.329. The van der Waals surface area contributed by atoms with Crippen LogP contribution < -0.4 is 0 Å². The highest BCUT2D eigenvalue weighted by molar-refractivity contribution is 5.66. The number of ether oxygens (including phenoxy) is 1. The summed E-state index contributed by atoms with van der Waals surface area (Å²) in [7, 11) is 0. The summed E-state index contributed by atoms with van der Waals surface area (Å²) in [5, 5.41) is 7.51. The van der Waals surface area contributed by atoms with Crippen LogP contribution in [0.1, 0.15) is 6.92 Å². The molecule has 0 saturated heterocycles. The molecule has 0 aliphatic carbocycles. The zero-order valence-electron chi connectivity index (χ0n) is 8.40. The quantitative estimate of drug-likeness (QED) is 0.293. The van der Waals surface area contributed by atoms with Crippen LogP contribution in [0.5, 0.6) is 0 Å². The number of nitrogens with zero attached hydrogens (tertiary/aromatic N) is 1. The fourth-order valence-electron chi connectivity index (χ4n) is 0.117. The summed E-state index contributed by atoms with van der Waals surface area (Å²) in [5.41, 5.74) is 0. The fourth-order valence-corrected chi connectivity index (χ4v) is 0.117. The maximum absolute atomic E-state index is 9.75. The van der Waals surface area contributed by atoms with E-state index in [-0.39, 0.29) is 5.97 Å². The fraction of sp³-hybridized carbons (Fsp3) is 0.0909. The second-order valence-electron chi connectivity index (χ2n) is 1.58. The number of carbonyl (C=O) groups is 1. The van der Waals surface area contributed by atoms with Crippen molar-refractivity contribution >= 4 is 5.97 Å². The van der Waals surface area contributed by atoms with Gasteiger partial charge in [0.2, 0.25) is 0 Å². The lowest BCUT2D eigenvalue weighted by atomic mass is 10.6. The highest BCUT2D eigenvalue weighted by Gasteiger charge is 1.79. The molecule has 0 aromatic carbocycles. The second-order valence-corrected chi connectivity index (χ2v) is 1.58. The second kappa shape index (κ2) is 22.4. The molecule has 0 rings (SSSR count). The molecule has 0 aliphatic rings. The van der Waals surface area contributed by atoms with Gasteiger partial charge in [-0.25, -0.2) is 0 Å². The van der Waals surface area contributed by atoms with Crippen LogP contribution in [0.3, 0.4) is 0 Å². The lowest BCUT2D eigenvalue weighted by Gasteiger charge is -1.83. The third-order valence-electron chi connectivity index (χ3n) is 0.507. The van der Waals surface area contributed by atoms with Gasteiger partial charge in [-0.05, 0) is 0 Å². The van der Waals surface area contributed by atoms with Crippen LogP contribution in [0.25, 0.3) is 0 Å². The lowest BCUT2D eigenvalue weighted by Crippen LogP contribution is -1.87. The van der Waals surface area contributed by atoms with Gasteiger partial charge in [-0.1, -0.05) is 38.5 Å². The van der Waals surface area contributed by atoms with E-state index < -0.39 is 0 Å². The zero-order chi connectivity index (χ0) is 11.8. The molecule has 14 heavy (non-hydrogen) atoms. The Morgan fingerprint density at radius 2 is 1.64 bits per heavy atom. The van der Waals surface area contributed by atoms with Crippen LogP contribution >= 0.6 is 0 Å². The summed E-state index contributed by atoms with van der Waals surface area (Å²) >= 11 is 0. The Balaban J connectivity index is -0.000000135. The Kier molecular flexibility index (Phi) is 28.6. The molecule has 0 atom stereocenters. The van der Waals surface area contributed by atoms with Gasteiger partial charge in [0.1, 0.15) is 0 Å². The van der Waals surface area contributed by atoms with Gasteiger partial charge in [0.05, 0.1) is 12.3 Å². The third kappa shape index (κ3) is 92.6. The Hall–Kier alpha value is -2.08. The van der Waals surface area contributed by atoms with Gasteiger partial charge < -0.3 is 4.74 Å². The molecule has 0 saturated carbocycles. The largest absolute Gasteiger partial charge is 0.435 e. The van der Waals surface area contributed by atoms with Crippen molar-refractivity contribution in [3.8, 4) is 6.07 Å². The van der Waals surface area contributed by atoms with E-state index in [1.54, 1.807) is 18.2 Å². The van der Waals surface area contributed by atoms with Gasteiger partial charge in [0.15, 0.2) is 0 Å². The van der Waals surface area contributed by atoms with E-state index in [1.807, 2.05) is 0 Å². The predicted molar refractivity (Wildman–Crippen MR) is 58.2 cm³/mol. The van der Waals surface area contributed by atoms with Crippen molar-refractivity contribution in [2.75, 3.05) is 0 Å². The molecule has 0 spiro atoms. The van der Waals surface area contributed by atoms with E-state index in [9.17, 15) is 4.79 Å². The maximum atomic E-state index is 9.75. The lowest BCUT2D eigenvalue weighted by molar-refractivity contribution is -0.135. The molecule has 3 heteroatoms. The highest BCUT2D eigenvalue weighted by atomic mass is 16.5. The normalized spacial score (nSPS) is 5.43. The van der Waals surface area contributed by atoms with Crippen LogP contribution in [0.2, 0.25) is 0 Å². The number of carbonyl (C=O) groups excluding carboxylic acids is 1. The average molecular weight is 193 g/mol. The van der Waals surface area contributed by atoms with E-state index in [0.717, 1.165) is 6.26 Å². The van der Waals surface area contributed by atoms with Gasteiger partial charge in [0.25, 0.3) is 0 Å². The summed E-state index contributed by atoms with van der Waals surface area (Å²) in [6, 6.07) is 1.69. The molecule has 76 valence electrons. The molecule has 0 N–H and O–H groups in total. The molecular weight excluding hydrogens is 178 g/mol. The van der Waals surface area contributed by atoms with Crippen molar-refractivity contribution in [3.63, 3.8) is 0 Å². The van der Waals surface area contributed by atoms with Crippen molar-refractivity contribution in [1.82, 2.24) is 0 Å². The predicted octanol–water partition coefficient (Wildman–Crippen LogP) is 2.75. The molecular formula is C11H15NO2. The van der Waals surface area contributed by atoms with E-state index in [1.165, 1.54) is 13.0 Å². The SMILES string of the molecule is C=CC#N.C=CC=C.C=COC(C)=O. The average Bonchev–Trinajstić information content (AvgIpc) is 2.18. The first kappa shape index (κ1) is 17.9. The number of esters is 1. The van der Waals surface area contributed by atoms with E-state index in [2.05, 4.69) is 31.1 Å². The molecule has 0 aromatic rings. The molecule has 0 heterocycles. The van der Waals surface area contributed by atoms with E-state index >= 15 is 0 Å². The molecule has 0 aromatic heterocycles. The number of rotatable bonds is 2. The third-order valence-corrected chi connectivity index (χ3v) is 0.507. The van der Waals surface area contributed by atoms with Gasteiger partial charge in [-0.3, -0.25) is 4.79 Å². The molecule has 0 unspecified atom stereocenters. The van der Waals surface area contributed by atoms with Crippen LogP contribution in [0.4, 0.5) is 0 Å². The van der Waals surface area contributed by atoms with Crippen LogP contribution in [0, 0.1) is 11.3 Å². The number of allylic oxidation sites excluding steroid dienone is 3. The Morgan fingerprint density at radius 1 is 1.29 bits per heavy atom. The molecule has 0 fully saturated rings. The van der Waals surface area contributed by atoms with Crippen LogP contribution in [-0.2, 0) is 9.53 Å². The minimum Gasteiger partial charge on any atom is -0.435 e. The highest BCUT2D eigenvalue weighted by Crippen LogP contribution is 1.70. The summed E-state index contributed by atoms with van der Waals surface area (Å²) < 4.78 is 4.17. The number of hydrogen-bond donors (Lipinski definition) is 0. The van der Waals surface area contributed by atoms with Crippen molar-refractivity contribution in [1.29, 1.82) is 5.26 Å². The van der Waals surface area contributed by atoms with Gasteiger partial charge in [-0.15, -0.1) is 0 Å². The molecule has 3 nitrogen and oxygen atoms in total. The minimum absolute atomic E-state index is 0.329. The molecule has 0 bridgehead atoms. The van der Waals surface area contributed by atoms with Crippen molar-refractivity contribution in [3.05, 3.63) is 50.8 Å². The van der Waals surface area contributed by atoms with Gasteiger partial charge in [0, 0.05) is 13.0 Å². The van der Waals surface area contributed by atoms with Crippen LogP contribution in [-0.4, -0.2) is 5.97 Å². The Bertz CT molecular complexity index is 218. The van der Waals surface area contributed by atoms with Gasteiger partial charge >= 0.3 is 5.97 Å². The summed E-state index contributed by atoms with van der Waals surface area (Å²) in [4.78, 5) is 9.75. The standard InChI is InChI=1S/C4H6O2.C4H6.C3H3N/c1-3-6-4(2)5;1-3-4-2;1-2-3-4/h3H,1H2,2H3;3-4H,1-2H2;2H,1H2. The smallest absolute Gasteiger partial charge is 0.307 e. The summed E-state index contributed by atoms with van der Waals surface area (Å²) in [5.74, 6) is -0.329.